The van der Waals surface area contributed by atoms with Crippen LogP contribution >= 0.6 is 15.9 Å². The highest BCUT2D eigenvalue weighted by atomic mass is 79.9. The van der Waals surface area contributed by atoms with Crippen LogP contribution in [0.4, 0.5) is 9.18 Å². The number of alkyl carbamates (subject to hydrolysis) is 1. The predicted octanol–water partition coefficient (Wildman–Crippen LogP) is 4.02. The summed E-state index contributed by atoms with van der Waals surface area (Å²) >= 11 is 3.21. The van der Waals surface area contributed by atoms with Gasteiger partial charge in [-0.25, -0.2) is 9.18 Å². The first kappa shape index (κ1) is 16.1. The number of carbonyl (C=O) groups excluding carboxylic acids is 1. The molecule has 0 aromatic heterocycles. The molecule has 1 aromatic carbocycles. The van der Waals surface area contributed by atoms with Crippen LogP contribution in [0.25, 0.3) is 0 Å². The lowest BCUT2D eigenvalue weighted by Gasteiger charge is -2.23. The summed E-state index contributed by atoms with van der Waals surface area (Å²) in [7, 11) is 0. The molecule has 0 unspecified atom stereocenters. The fraction of sp³-hybridized carbons (Fsp3) is 0.533. The molecule has 0 saturated heterocycles. The van der Waals surface area contributed by atoms with Gasteiger partial charge < -0.3 is 14.8 Å². The maximum atomic E-state index is 13.3. The summed E-state index contributed by atoms with van der Waals surface area (Å²) in [4.78, 5) is 11.8. The van der Waals surface area contributed by atoms with E-state index < -0.39 is 17.2 Å². The maximum Gasteiger partial charge on any atom is 0.408 e. The lowest BCUT2D eigenvalue weighted by atomic mass is 10.2. The van der Waals surface area contributed by atoms with Crippen molar-refractivity contribution < 1.29 is 18.7 Å². The van der Waals surface area contributed by atoms with Crippen molar-refractivity contribution in [2.75, 3.05) is 6.61 Å². The molecule has 1 aliphatic carbocycles. The molecule has 6 heteroatoms. The van der Waals surface area contributed by atoms with Gasteiger partial charge in [-0.05, 0) is 45.7 Å². The zero-order valence-corrected chi connectivity index (χ0v) is 13.9. The fourth-order valence-electron chi connectivity index (χ4n) is 1.81. The molecule has 1 amide bonds. The molecule has 4 nitrogen and oxygen atoms in total. The van der Waals surface area contributed by atoms with Crippen molar-refractivity contribution in [1.82, 2.24) is 5.32 Å². The summed E-state index contributed by atoms with van der Waals surface area (Å²) < 4.78 is 24.7. The summed E-state index contributed by atoms with van der Waals surface area (Å²) in [5.74, 6) is 0.0588. The molecular weight excluding hydrogens is 341 g/mol. The molecule has 1 fully saturated rings. The highest BCUT2D eigenvalue weighted by Crippen LogP contribution is 2.36. The van der Waals surface area contributed by atoms with Crippen LogP contribution in [-0.4, -0.2) is 23.8 Å². The van der Waals surface area contributed by atoms with Crippen molar-refractivity contribution in [3.63, 3.8) is 0 Å². The molecule has 1 saturated carbocycles. The molecule has 0 atom stereocenters. The number of hydrogen-bond acceptors (Lipinski definition) is 3. The van der Waals surface area contributed by atoms with E-state index >= 15 is 0 Å². The van der Waals surface area contributed by atoms with Crippen LogP contribution in [0.15, 0.2) is 22.7 Å². The Balaban J connectivity index is 1.89. The predicted molar refractivity (Wildman–Crippen MR) is 80.9 cm³/mol. The third kappa shape index (κ3) is 5.19. The summed E-state index contributed by atoms with van der Waals surface area (Å²) in [6.45, 7) is 5.73. The normalized spacial score (nSPS) is 16.2. The zero-order valence-electron chi connectivity index (χ0n) is 12.3. The van der Waals surface area contributed by atoms with E-state index in [1.807, 2.05) is 20.8 Å². The van der Waals surface area contributed by atoms with Crippen LogP contribution in [0.5, 0.6) is 5.75 Å². The maximum absolute atomic E-state index is 13.3. The van der Waals surface area contributed by atoms with E-state index in [4.69, 9.17) is 9.47 Å². The van der Waals surface area contributed by atoms with Crippen LogP contribution in [0.3, 0.4) is 0 Å². The van der Waals surface area contributed by atoms with Crippen molar-refractivity contribution in [3.05, 3.63) is 28.5 Å². The van der Waals surface area contributed by atoms with Crippen molar-refractivity contribution in [2.24, 2.45) is 0 Å². The molecule has 0 aliphatic heterocycles. The van der Waals surface area contributed by atoms with Crippen LogP contribution in [0.2, 0.25) is 0 Å². The van der Waals surface area contributed by atoms with Gasteiger partial charge in [-0.2, -0.15) is 0 Å². The molecule has 21 heavy (non-hydrogen) atoms. The van der Waals surface area contributed by atoms with Crippen LogP contribution in [0.1, 0.15) is 33.6 Å². The van der Waals surface area contributed by atoms with Crippen molar-refractivity contribution in [2.45, 2.75) is 44.8 Å². The number of nitrogens with one attached hydrogen (secondary N) is 1. The number of halogens is 2. The number of benzene rings is 1. The van der Waals surface area contributed by atoms with E-state index in [2.05, 4.69) is 21.2 Å². The number of rotatable bonds is 4. The standard InChI is InChI=1S/C15H19BrFNO3/c1-14(2,3)21-13(19)18-15(4-5-15)9-20-12-7-10(16)6-11(17)8-12/h6-8H,4-5,9H2,1-3H3,(H,18,19). The second kappa shape index (κ2) is 5.83. The molecule has 0 radical (unpaired) electrons. The van der Waals surface area contributed by atoms with E-state index in [-0.39, 0.29) is 5.82 Å². The zero-order chi connectivity index (χ0) is 15.7. The Hall–Kier alpha value is -1.30. The molecule has 1 aliphatic rings. The second-order valence-corrected chi connectivity index (χ2v) is 7.22. The van der Waals surface area contributed by atoms with Crippen molar-refractivity contribution in [3.8, 4) is 5.75 Å². The average molecular weight is 360 g/mol. The SMILES string of the molecule is CC(C)(C)OC(=O)NC1(COc2cc(F)cc(Br)c2)CC1. The van der Waals surface area contributed by atoms with Gasteiger partial charge in [-0.1, -0.05) is 15.9 Å². The first-order valence-corrected chi connectivity index (χ1v) is 7.57. The second-order valence-electron chi connectivity index (χ2n) is 6.30. The van der Waals surface area contributed by atoms with Crippen molar-refractivity contribution >= 4 is 22.0 Å². The first-order valence-electron chi connectivity index (χ1n) is 6.78. The Morgan fingerprint density at radius 1 is 1.38 bits per heavy atom. The van der Waals surface area contributed by atoms with Gasteiger partial charge in [0, 0.05) is 10.5 Å². The molecule has 2 rings (SSSR count). The Kier molecular flexibility index (Phi) is 4.46. The summed E-state index contributed by atoms with van der Waals surface area (Å²) in [5, 5.41) is 2.83. The van der Waals surface area contributed by atoms with Gasteiger partial charge in [0.2, 0.25) is 0 Å². The lowest BCUT2D eigenvalue weighted by Crippen LogP contribution is -2.44. The molecule has 0 spiro atoms. The van der Waals surface area contributed by atoms with Gasteiger partial charge in [-0.3, -0.25) is 0 Å². The van der Waals surface area contributed by atoms with E-state index in [9.17, 15) is 9.18 Å². The monoisotopic (exact) mass is 359 g/mol. The highest BCUT2D eigenvalue weighted by molar-refractivity contribution is 9.10. The van der Waals surface area contributed by atoms with E-state index in [1.54, 1.807) is 6.07 Å². The number of carbonyl (C=O) groups is 1. The van der Waals surface area contributed by atoms with Gasteiger partial charge >= 0.3 is 6.09 Å². The Labute approximate surface area is 132 Å². The van der Waals surface area contributed by atoms with Crippen LogP contribution in [-0.2, 0) is 4.74 Å². The molecule has 1 aromatic rings. The molecule has 1 N–H and O–H groups in total. The molecular formula is C15H19BrFNO3. The van der Waals surface area contributed by atoms with Gasteiger partial charge in [0.25, 0.3) is 0 Å². The number of ether oxygens (including phenoxy) is 2. The molecule has 0 heterocycles. The van der Waals surface area contributed by atoms with E-state index in [0.717, 1.165) is 12.8 Å². The van der Waals surface area contributed by atoms with E-state index in [1.165, 1.54) is 12.1 Å². The summed E-state index contributed by atoms with van der Waals surface area (Å²) in [6, 6.07) is 4.36. The first-order chi connectivity index (χ1) is 9.67. The van der Waals surface area contributed by atoms with Crippen LogP contribution < -0.4 is 10.1 Å². The number of amides is 1. The lowest BCUT2D eigenvalue weighted by molar-refractivity contribution is 0.0477. The van der Waals surface area contributed by atoms with Crippen LogP contribution in [0, 0.1) is 5.82 Å². The minimum Gasteiger partial charge on any atom is -0.491 e. The highest BCUT2D eigenvalue weighted by Gasteiger charge is 2.46. The van der Waals surface area contributed by atoms with Gasteiger partial charge in [-0.15, -0.1) is 0 Å². The largest absolute Gasteiger partial charge is 0.491 e. The third-order valence-electron chi connectivity index (χ3n) is 2.97. The Morgan fingerprint density at radius 3 is 2.57 bits per heavy atom. The quantitative estimate of drug-likeness (QED) is 0.882. The van der Waals surface area contributed by atoms with Crippen molar-refractivity contribution in [1.29, 1.82) is 0 Å². The van der Waals surface area contributed by atoms with Gasteiger partial charge in [0.05, 0.1) is 5.54 Å². The fourth-order valence-corrected chi connectivity index (χ4v) is 2.25. The summed E-state index contributed by atoms with van der Waals surface area (Å²) in [6.07, 6.45) is 1.19. The Morgan fingerprint density at radius 2 is 2.05 bits per heavy atom. The summed E-state index contributed by atoms with van der Waals surface area (Å²) in [5.41, 5.74) is -0.935. The van der Waals surface area contributed by atoms with Gasteiger partial charge in [0.1, 0.15) is 23.8 Å². The minimum absolute atomic E-state index is 0.294. The third-order valence-corrected chi connectivity index (χ3v) is 3.43. The van der Waals surface area contributed by atoms with E-state index in [0.29, 0.717) is 16.8 Å². The number of hydrogen-bond donors (Lipinski definition) is 1. The average Bonchev–Trinajstić information content (AvgIpc) is 3.03. The molecule has 116 valence electrons. The minimum atomic E-state index is -0.533. The van der Waals surface area contributed by atoms with Gasteiger partial charge in [0.15, 0.2) is 0 Å². The smallest absolute Gasteiger partial charge is 0.408 e. The topological polar surface area (TPSA) is 47.6 Å². The molecule has 0 bridgehead atoms. The Bertz CT molecular complexity index is 518.